The molecule has 0 radical (unpaired) electrons. The van der Waals surface area contributed by atoms with E-state index in [2.05, 4.69) is 10.2 Å². The van der Waals surface area contributed by atoms with E-state index in [1.807, 2.05) is 46.1 Å². The van der Waals surface area contributed by atoms with Gasteiger partial charge in [0.2, 0.25) is 0 Å². The fraction of sp³-hybridized carbons (Fsp3) is 0.500. The van der Waals surface area contributed by atoms with E-state index in [1.54, 1.807) is 0 Å². The molecule has 0 unspecified atom stereocenters. The van der Waals surface area contributed by atoms with Gasteiger partial charge in [0.25, 0.3) is 5.91 Å². The van der Waals surface area contributed by atoms with Crippen molar-refractivity contribution in [2.75, 3.05) is 27.2 Å². The number of hydrogen-bond donors (Lipinski definition) is 1. The molecule has 0 aliphatic heterocycles. The van der Waals surface area contributed by atoms with E-state index in [0.717, 1.165) is 30.6 Å². The summed E-state index contributed by atoms with van der Waals surface area (Å²) in [5.74, 6) is 0.0289. The first-order valence-electron chi connectivity index (χ1n) is 6.01. The van der Waals surface area contributed by atoms with Gasteiger partial charge in [-0.05, 0) is 52.5 Å². The van der Waals surface area contributed by atoms with Gasteiger partial charge in [-0.1, -0.05) is 17.7 Å². The molecule has 17 heavy (non-hydrogen) atoms. The molecule has 0 aliphatic carbocycles. The average Bonchev–Trinajstić information content (AvgIpc) is 2.23. The maximum Gasteiger partial charge on any atom is 0.251 e. The molecule has 0 saturated heterocycles. The van der Waals surface area contributed by atoms with Crippen LogP contribution in [0.1, 0.15) is 27.9 Å². The zero-order chi connectivity index (χ0) is 12.8. The van der Waals surface area contributed by atoms with Crippen molar-refractivity contribution in [3.8, 4) is 0 Å². The third kappa shape index (κ3) is 4.57. The van der Waals surface area contributed by atoms with E-state index in [0.29, 0.717) is 0 Å². The molecule has 0 saturated carbocycles. The number of rotatable bonds is 5. The third-order valence-electron chi connectivity index (χ3n) is 2.69. The summed E-state index contributed by atoms with van der Waals surface area (Å²) in [6, 6.07) is 5.91. The third-order valence-corrected chi connectivity index (χ3v) is 2.69. The van der Waals surface area contributed by atoms with Crippen LogP contribution in [0.2, 0.25) is 0 Å². The van der Waals surface area contributed by atoms with Crippen molar-refractivity contribution in [2.24, 2.45) is 0 Å². The van der Waals surface area contributed by atoms with Crippen molar-refractivity contribution in [1.82, 2.24) is 10.2 Å². The van der Waals surface area contributed by atoms with E-state index >= 15 is 0 Å². The lowest BCUT2D eigenvalue weighted by molar-refractivity contribution is 0.0951. The van der Waals surface area contributed by atoms with Crippen LogP contribution < -0.4 is 5.32 Å². The van der Waals surface area contributed by atoms with Crippen molar-refractivity contribution >= 4 is 5.91 Å². The van der Waals surface area contributed by atoms with E-state index in [1.165, 1.54) is 5.56 Å². The Labute approximate surface area is 104 Å². The predicted octanol–water partition coefficient (Wildman–Crippen LogP) is 1.98. The lowest BCUT2D eigenvalue weighted by Crippen LogP contribution is -2.27. The molecule has 0 aromatic heterocycles. The summed E-state index contributed by atoms with van der Waals surface area (Å²) in [5, 5.41) is 2.95. The molecular weight excluding hydrogens is 212 g/mol. The highest BCUT2D eigenvalue weighted by atomic mass is 16.1. The van der Waals surface area contributed by atoms with E-state index in [9.17, 15) is 4.79 Å². The molecule has 1 N–H and O–H groups in total. The fourth-order valence-electron chi connectivity index (χ4n) is 1.76. The summed E-state index contributed by atoms with van der Waals surface area (Å²) in [4.78, 5) is 14.0. The topological polar surface area (TPSA) is 32.3 Å². The normalized spacial score (nSPS) is 10.6. The Morgan fingerprint density at radius 3 is 2.59 bits per heavy atom. The summed E-state index contributed by atoms with van der Waals surface area (Å²) in [6.45, 7) is 5.73. The molecule has 94 valence electrons. The van der Waals surface area contributed by atoms with Crippen LogP contribution in [0.3, 0.4) is 0 Å². The molecule has 0 heterocycles. The summed E-state index contributed by atoms with van der Waals surface area (Å²) in [7, 11) is 4.07. The molecule has 3 heteroatoms. The van der Waals surface area contributed by atoms with Crippen LogP contribution in [-0.2, 0) is 0 Å². The number of carbonyl (C=O) groups is 1. The number of aryl methyl sites for hydroxylation is 2. The SMILES string of the molecule is Cc1ccc(C(=O)NCCCN(C)C)c(C)c1. The van der Waals surface area contributed by atoms with Crippen LogP contribution in [0.25, 0.3) is 0 Å². The molecular formula is C14H22N2O. The van der Waals surface area contributed by atoms with Crippen LogP contribution in [0.5, 0.6) is 0 Å². The maximum absolute atomic E-state index is 11.9. The molecule has 1 aromatic rings. The average molecular weight is 234 g/mol. The quantitative estimate of drug-likeness (QED) is 0.790. The maximum atomic E-state index is 11.9. The second kappa shape index (κ2) is 6.40. The van der Waals surface area contributed by atoms with Crippen LogP contribution in [0.15, 0.2) is 18.2 Å². The molecule has 0 aliphatic rings. The zero-order valence-electron chi connectivity index (χ0n) is 11.2. The molecule has 1 rings (SSSR count). The Kier molecular flexibility index (Phi) is 5.16. The van der Waals surface area contributed by atoms with Crippen LogP contribution in [0.4, 0.5) is 0 Å². The lowest BCUT2D eigenvalue weighted by atomic mass is 10.1. The van der Waals surface area contributed by atoms with Gasteiger partial charge < -0.3 is 10.2 Å². The standard InChI is InChI=1S/C14H22N2O/c1-11-6-7-13(12(2)10-11)14(17)15-8-5-9-16(3)4/h6-7,10H,5,8-9H2,1-4H3,(H,15,17). The minimum Gasteiger partial charge on any atom is -0.352 e. The minimum atomic E-state index is 0.0289. The Morgan fingerprint density at radius 1 is 1.29 bits per heavy atom. The molecule has 0 bridgehead atoms. The van der Waals surface area contributed by atoms with Crippen molar-refractivity contribution in [1.29, 1.82) is 0 Å². The highest BCUT2D eigenvalue weighted by Gasteiger charge is 2.07. The van der Waals surface area contributed by atoms with Gasteiger partial charge in [0.05, 0.1) is 0 Å². The highest BCUT2D eigenvalue weighted by Crippen LogP contribution is 2.10. The summed E-state index contributed by atoms with van der Waals surface area (Å²) in [5.41, 5.74) is 3.00. The van der Waals surface area contributed by atoms with Crippen molar-refractivity contribution in [3.05, 3.63) is 34.9 Å². The monoisotopic (exact) mass is 234 g/mol. The first-order valence-corrected chi connectivity index (χ1v) is 6.01. The van der Waals surface area contributed by atoms with E-state index < -0.39 is 0 Å². The second-order valence-corrected chi connectivity index (χ2v) is 4.73. The number of carbonyl (C=O) groups excluding carboxylic acids is 1. The summed E-state index contributed by atoms with van der Waals surface area (Å²) >= 11 is 0. The largest absolute Gasteiger partial charge is 0.352 e. The smallest absolute Gasteiger partial charge is 0.251 e. The van der Waals surface area contributed by atoms with Crippen LogP contribution >= 0.6 is 0 Å². The van der Waals surface area contributed by atoms with Crippen molar-refractivity contribution < 1.29 is 4.79 Å². The van der Waals surface area contributed by atoms with Crippen molar-refractivity contribution in [2.45, 2.75) is 20.3 Å². The first-order chi connectivity index (χ1) is 8.00. The Morgan fingerprint density at radius 2 is 2.00 bits per heavy atom. The van der Waals surface area contributed by atoms with Crippen LogP contribution in [-0.4, -0.2) is 38.0 Å². The summed E-state index contributed by atoms with van der Waals surface area (Å²) in [6.07, 6.45) is 0.976. The second-order valence-electron chi connectivity index (χ2n) is 4.73. The van der Waals surface area contributed by atoms with E-state index in [-0.39, 0.29) is 5.91 Å². The van der Waals surface area contributed by atoms with Gasteiger partial charge in [0, 0.05) is 12.1 Å². The fourth-order valence-corrected chi connectivity index (χ4v) is 1.76. The van der Waals surface area contributed by atoms with E-state index in [4.69, 9.17) is 0 Å². The van der Waals surface area contributed by atoms with Gasteiger partial charge in [0.15, 0.2) is 0 Å². The number of nitrogens with one attached hydrogen (secondary N) is 1. The van der Waals surface area contributed by atoms with Crippen molar-refractivity contribution in [3.63, 3.8) is 0 Å². The Balaban J connectivity index is 2.47. The summed E-state index contributed by atoms with van der Waals surface area (Å²) < 4.78 is 0. The molecule has 1 aromatic carbocycles. The van der Waals surface area contributed by atoms with Gasteiger partial charge in [-0.25, -0.2) is 0 Å². The van der Waals surface area contributed by atoms with Gasteiger partial charge in [-0.2, -0.15) is 0 Å². The molecule has 0 atom stereocenters. The molecule has 0 spiro atoms. The lowest BCUT2D eigenvalue weighted by Gasteiger charge is -2.11. The predicted molar refractivity (Wildman–Crippen MR) is 71.4 cm³/mol. The number of nitrogens with zero attached hydrogens (tertiary/aromatic N) is 1. The number of benzene rings is 1. The molecule has 0 fully saturated rings. The molecule has 3 nitrogen and oxygen atoms in total. The van der Waals surface area contributed by atoms with Gasteiger partial charge in [-0.15, -0.1) is 0 Å². The number of hydrogen-bond acceptors (Lipinski definition) is 2. The van der Waals surface area contributed by atoms with Gasteiger partial charge in [0.1, 0.15) is 0 Å². The number of amides is 1. The first kappa shape index (κ1) is 13.7. The van der Waals surface area contributed by atoms with Crippen LogP contribution in [0, 0.1) is 13.8 Å². The minimum absolute atomic E-state index is 0.0289. The molecule has 1 amide bonds. The Hall–Kier alpha value is -1.35. The van der Waals surface area contributed by atoms with Gasteiger partial charge in [-0.3, -0.25) is 4.79 Å². The highest BCUT2D eigenvalue weighted by molar-refractivity contribution is 5.95. The zero-order valence-corrected chi connectivity index (χ0v) is 11.2. The Bertz CT molecular complexity index is 386. The van der Waals surface area contributed by atoms with Gasteiger partial charge >= 0.3 is 0 Å².